The highest BCUT2D eigenvalue weighted by Gasteiger charge is 2.36. The van der Waals surface area contributed by atoms with Gasteiger partial charge in [0.05, 0.1) is 4.58 Å². The van der Waals surface area contributed by atoms with Crippen molar-refractivity contribution in [2.24, 2.45) is 17.8 Å². The summed E-state index contributed by atoms with van der Waals surface area (Å²) < 4.78 is 0.974. The number of hydrogen-bond donors (Lipinski definition) is 0. The lowest BCUT2D eigenvalue weighted by molar-refractivity contribution is 0.145. The van der Waals surface area contributed by atoms with E-state index in [0.717, 1.165) is 22.3 Å². The minimum atomic E-state index is 0.974. The van der Waals surface area contributed by atoms with Crippen LogP contribution in [0.5, 0.6) is 0 Å². The predicted octanol–water partition coefficient (Wildman–Crippen LogP) is 4.40. The van der Waals surface area contributed by atoms with Gasteiger partial charge in [0, 0.05) is 0 Å². The molecular formula is C13H22S2. The Morgan fingerprint density at radius 1 is 0.733 bits per heavy atom. The van der Waals surface area contributed by atoms with Crippen LogP contribution in [0.2, 0.25) is 0 Å². The number of fused-ring (bicyclic) bond motifs is 2. The Bertz CT molecular complexity index is 199. The largest absolute Gasteiger partial charge is 0.147 e. The van der Waals surface area contributed by atoms with Gasteiger partial charge in [-0.3, -0.25) is 0 Å². The minimum absolute atomic E-state index is 0.974. The van der Waals surface area contributed by atoms with Crippen molar-refractivity contribution in [1.82, 2.24) is 0 Å². The molecule has 3 aliphatic rings. The molecule has 1 saturated heterocycles. The van der Waals surface area contributed by atoms with Crippen LogP contribution in [-0.4, -0.2) is 16.1 Å². The molecule has 0 spiro atoms. The molecule has 0 aromatic carbocycles. The molecule has 15 heavy (non-hydrogen) atoms. The lowest BCUT2D eigenvalue weighted by Gasteiger charge is -2.42. The van der Waals surface area contributed by atoms with Crippen LogP contribution in [0.4, 0.5) is 0 Å². The van der Waals surface area contributed by atoms with Crippen LogP contribution in [0, 0.1) is 17.8 Å². The Hall–Kier alpha value is 0.700. The fourth-order valence-corrected chi connectivity index (χ4v) is 7.00. The zero-order valence-electron chi connectivity index (χ0n) is 9.49. The molecule has 2 aliphatic carbocycles. The molecule has 2 atom stereocenters. The van der Waals surface area contributed by atoms with E-state index in [9.17, 15) is 0 Å². The van der Waals surface area contributed by atoms with E-state index in [1.54, 1.807) is 32.1 Å². The van der Waals surface area contributed by atoms with Gasteiger partial charge < -0.3 is 0 Å². The van der Waals surface area contributed by atoms with Crippen LogP contribution < -0.4 is 0 Å². The molecule has 2 bridgehead atoms. The molecular weight excluding hydrogens is 220 g/mol. The van der Waals surface area contributed by atoms with Crippen molar-refractivity contribution >= 4 is 23.5 Å². The molecule has 0 aromatic rings. The normalized spacial score (nSPS) is 42.8. The molecule has 2 unspecified atom stereocenters. The molecule has 0 aromatic heterocycles. The number of hydrogen-bond acceptors (Lipinski definition) is 2. The predicted molar refractivity (Wildman–Crippen MR) is 71.5 cm³/mol. The van der Waals surface area contributed by atoms with E-state index in [-0.39, 0.29) is 0 Å². The Balaban J connectivity index is 1.61. The Kier molecular flexibility index (Phi) is 3.55. The van der Waals surface area contributed by atoms with Crippen molar-refractivity contribution in [3.63, 3.8) is 0 Å². The van der Waals surface area contributed by atoms with Crippen molar-refractivity contribution in [3.05, 3.63) is 0 Å². The van der Waals surface area contributed by atoms with Crippen LogP contribution in [-0.2, 0) is 0 Å². The molecule has 3 rings (SSSR count). The monoisotopic (exact) mass is 242 g/mol. The van der Waals surface area contributed by atoms with E-state index < -0.39 is 0 Å². The summed E-state index contributed by atoms with van der Waals surface area (Å²) in [5.41, 5.74) is 0. The summed E-state index contributed by atoms with van der Waals surface area (Å²) in [4.78, 5) is 0. The molecule has 2 saturated carbocycles. The maximum absolute atomic E-state index is 2.27. The second-order valence-corrected chi connectivity index (χ2v) is 8.39. The van der Waals surface area contributed by atoms with Crippen LogP contribution in [0.25, 0.3) is 0 Å². The maximum atomic E-state index is 2.27. The van der Waals surface area contributed by atoms with Crippen LogP contribution in [0.15, 0.2) is 0 Å². The first-order valence-corrected chi connectivity index (χ1v) is 8.75. The van der Waals surface area contributed by atoms with Crippen molar-refractivity contribution < 1.29 is 0 Å². The first kappa shape index (κ1) is 10.8. The minimum Gasteiger partial charge on any atom is -0.147 e. The van der Waals surface area contributed by atoms with E-state index >= 15 is 0 Å². The summed E-state index contributed by atoms with van der Waals surface area (Å²) >= 11 is 4.54. The average molecular weight is 242 g/mol. The average Bonchev–Trinajstić information content (AvgIpc) is 2.30. The van der Waals surface area contributed by atoms with Gasteiger partial charge in [0.1, 0.15) is 0 Å². The summed E-state index contributed by atoms with van der Waals surface area (Å²) in [5, 5.41) is 0. The summed E-state index contributed by atoms with van der Waals surface area (Å²) in [6.45, 7) is 0. The molecule has 3 fully saturated rings. The highest BCUT2D eigenvalue weighted by atomic mass is 32.2. The van der Waals surface area contributed by atoms with Gasteiger partial charge in [-0.1, -0.05) is 19.3 Å². The molecule has 1 aliphatic heterocycles. The molecule has 0 N–H and O–H groups in total. The number of rotatable bonds is 1. The van der Waals surface area contributed by atoms with Gasteiger partial charge in [-0.2, -0.15) is 0 Å². The fraction of sp³-hybridized carbons (Fsp3) is 1.00. The standard InChI is InChI=1S/C13H22S2/c1-3-10-7-11(4-1)9-12(8-10)13-14-5-2-6-15-13/h10-13H,1-9H2. The van der Waals surface area contributed by atoms with E-state index in [4.69, 9.17) is 0 Å². The second-order valence-electron chi connectivity index (χ2n) is 5.59. The number of thioether (sulfide) groups is 2. The van der Waals surface area contributed by atoms with Gasteiger partial charge in [-0.05, 0) is 54.9 Å². The smallest absolute Gasteiger partial charge is 0.0530 e. The van der Waals surface area contributed by atoms with E-state index in [1.807, 2.05) is 0 Å². The first-order chi connectivity index (χ1) is 7.42. The maximum Gasteiger partial charge on any atom is 0.0530 e. The molecule has 0 radical (unpaired) electrons. The fourth-order valence-electron chi connectivity index (χ4n) is 3.78. The summed E-state index contributed by atoms with van der Waals surface area (Å²) in [6.07, 6.45) is 10.8. The molecule has 2 heteroatoms. The van der Waals surface area contributed by atoms with Gasteiger partial charge in [-0.15, -0.1) is 23.5 Å². The molecule has 86 valence electrons. The lowest BCUT2D eigenvalue weighted by atomic mass is 9.68. The third kappa shape index (κ3) is 2.52. The van der Waals surface area contributed by atoms with Gasteiger partial charge in [0.15, 0.2) is 0 Å². The zero-order valence-corrected chi connectivity index (χ0v) is 11.1. The molecule has 1 heterocycles. The highest BCUT2D eigenvalue weighted by molar-refractivity contribution is 8.17. The zero-order chi connectivity index (χ0) is 10.1. The van der Waals surface area contributed by atoms with Gasteiger partial charge in [0.25, 0.3) is 0 Å². The van der Waals surface area contributed by atoms with Gasteiger partial charge in [0.2, 0.25) is 0 Å². The lowest BCUT2D eigenvalue weighted by Crippen LogP contribution is -2.32. The van der Waals surface area contributed by atoms with Crippen molar-refractivity contribution in [1.29, 1.82) is 0 Å². The Morgan fingerprint density at radius 2 is 1.40 bits per heavy atom. The molecule has 0 amide bonds. The quantitative estimate of drug-likeness (QED) is 0.668. The second kappa shape index (κ2) is 4.91. The van der Waals surface area contributed by atoms with Crippen molar-refractivity contribution in [3.8, 4) is 0 Å². The highest BCUT2D eigenvalue weighted by Crippen LogP contribution is 2.49. The molecule has 0 nitrogen and oxygen atoms in total. The van der Waals surface area contributed by atoms with Crippen LogP contribution >= 0.6 is 23.5 Å². The van der Waals surface area contributed by atoms with E-state index in [2.05, 4.69) is 23.5 Å². The van der Waals surface area contributed by atoms with E-state index in [0.29, 0.717) is 0 Å². The Labute approximate surface area is 102 Å². The van der Waals surface area contributed by atoms with Crippen LogP contribution in [0.1, 0.15) is 44.9 Å². The van der Waals surface area contributed by atoms with Crippen LogP contribution in [0.3, 0.4) is 0 Å². The summed E-state index contributed by atoms with van der Waals surface area (Å²) in [7, 11) is 0. The van der Waals surface area contributed by atoms with E-state index in [1.165, 1.54) is 24.3 Å². The third-order valence-corrected chi connectivity index (χ3v) is 7.69. The van der Waals surface area contributed by atoms with Gasteiger partial charge in [-0.25, -0.2) is 0 Å². The van der Waals surface area contributed by atoms with Crippen molar-refractivity contribution in [2.75, 3.05) is 11.5 Å². The van der Waals surface area contributed by atoms with Crippen molar-refractivity contribution in [2.45, 2.75) is 49.5 Å². The first-order valence-electron chi connectivity index (χ1n) is 6.65. The topological polar surface area (TPSA) is 0 Å². The summed E-state index contributed by atoms with van der Waals surface area (Å²) in [6, 6.07) is 0. The summed E-state index contributed by atoms with van der Waals surface area (Å²) in [5.74, 6) is 6.17. The van der Waals surface area contributed by atoms with Gasteiger partial charge >= 0.3 is 0 Å². The third-order valence-electron chi connectivity index (χ3n) is 4.40. The Morgan fingerprint density at radius 3 is 2.07 bits per heavy atom. The SMILES string of the molecule is C1CSC(C2CC3CCCC(C3)C2)SC1.